The Morgan fingerprint density at radius 2 is 1.80 bits per heavy atom. The van der Waals surface area contributed by atoms with Crippen LogP contribution in [0.4, 0.5) is 13.2 Å². The fourth-order valence-electron chi connectivity index (χ4n) is 2.36. The number of aliphatic hydroxyl groups is 1. The van der Waals surface area contributed by atoms with Crippen LogP contribution in [0.2, 0.25) is 0 Å². The summed E-state index contributed by atoms with van der Waals surface area (Å²) in [5.41, 5.74) is -1.27. The van der Waals surface area contributed by atoms with Crippen molar-refractivity contribution in [2.24, 2.45) is 0 Å². The molecule has 0 aromatic heterocycles. The maximum atomic E-state index is 13.1. The Labute approximate surface area is 146 Å². The summed E-state index contributed by atoms with van der Waals surface area (Å²) in [5.74, 6) is 0. The summed E-state index contributed by atoms with van der Waals surface area (Å²) in [6.45, 7) is 6.88. The Morgan fingerprint density at radius 3 is 2.24 bits per heavy atom. The number of hydrogen-bond acceptors (Lipinski definition) is 4. The molecule has 142 valence electrons. The smallest absolute Gasteiger partial charge is 0.387 e. The third kappa shape index (κ3) is 5.96. The third-order valence-corrected chi connectivity index (χ3v) is 5.76. The molecule has 1 aromatic carbocycles. The van der Waals surface area contributed by atoms with Crippen LogP contribution in [0.15, 0.2) is 35.9 Å². The molecule has 0 aliphatic rings. The van der Waals surface area contributed by atoms with Gasteiger partial charge in [0.05, 0.1) is 24.9 Å². The molecule has 1 aromatic rings. The van der Waals surface area contributed by atoms with Crippen LogP contribution in [0, 0.1) is 0 Å². The van der Waals surface area contributed by atoms with Gasteiger partial charge in [0, 0.05) is 0 Å². The molecule has 0 saturated heterocycles. The predicted molar refractivity (Wildman–Crippen MR) is 90.5 cm³/mol. The first-order valence-electron chi connectivity index (χ1n) is 7.94. The number of alkyl halides is 3. The highest BCUT2D eigenvalue weighted by atomic mass is 31.2. The molecule has 0 aliphatic heterocycles. The standard InChI is InChI=1S/C17H24F3O4P/c1-5-23-25(22,24-6-2)15(10-12(3)4)16(21)13-8-7-9-14(11-13)17(18,19)20/h7-11,15-16,21H,5-6H2,1-4H3/t15-,16+/m0/s1. The van der Waals surface area contributed by atoms with Gasteiger partial charge < -0.3 is 14.2 Å². The van der Waals surface area contributed by atoms with Crippen LogP contribution >= 0.6 is 7.60 Å². The number of benzene rings is 1. The summed E-state index contributed by atoms with van der Waals surface area (Å²) in [6.07, 6.45) is -4.50. The number of hydrogen-bond donors (Lipinski definition) is 1. The van der Waals surface area contributed by atoms with Crippen LogP contribution in [-0.4, -0.2) is 24.0 Å². The zero-order valence-corrected chi connectivity index (χ0v) is 15.6. The molecule has 4 nitrogen and oxygen atoms in total. The van der Waals surface area contributed by atoms with Crippen molar-refractivity contribution in [3.05, 3.63) is 47.0 Å². The van der Waals surface area contributed by atoms with Crippen LogP contribution in [0.1, 0.15) is 44.9 Å². The third-order valence-electron chi connectivity index (χ3n) is 3.37. The lowest BCUT2D eigenvalue weighted by Crippen LogP contribution is -2.21. The first-order valence-corrected chi connectivity index (χ1v) is 9.55. The average molecular weight is 380 g/mol. The molecule has 0 heterocycles. The van der Waals surface area contributed by atoms with E-state index in [9.17, 15) is 22.8 Å². The summed E-state index contributed by atoms with van der Waals surface area (Å²) >= 11 is 0. The van der Waals surface area contributed by atoms with Gasteiger partial charge in [0.2, 0.25) is 0 Å². The van der Waals surface area contributed by atoms with Crippen LogP contribution in [0.3, 0.4) is 0 Å². The van der Waals surface area contributed by atoms with Crippen LogP contribution in [0.25, 0.3) is 0 Å². The van der Waals surface area contributed by atoms with Gasteiger partial charge in [-0.1, -0.05) is 23.8 Å². The fraction of sp³-hybridized carbons (Fsp3) is 0.529. The van der Waals surface area contributed by atoms with E-state index in [2.05, 4.69) is 0 Å². The molecule has 0 radical (unpaired) electrons. The maximum absolute atomic E-state index is 13.1. The van der Waals surface area contributed by atoms with E-state index < -0.39 is 31.1 Å². The number of rotatable bonds is 8. The van der Waals surface area contributed by atoms with E-state index in [1.807, 2.05) is 0 Å². The summed E-state index contributed by atoms with van der Waals surface area (Å²) < 4.78 is 62.4. The van der Waals surface area contributed by atoms with Crippen molar-refractivity contribution in [2.75, 3.05) is 13.2 Å². The zero-order valence-electron chi connectivity index (χ0n) is 14.7. The second-order valence-corrected chi connectivity index (χ2v) is 7.87. The highest BCUT2D eigenvalue weighted by molar-refractivity contribution is 7.54. The maximum Gasteiger partial charge on any atom is 0.416 e. The van der Waals surface area contributed by atoms with E-state index in [0.717, 1.165) is 17.7 Å². The van der Waals surface area contributed by atoms with E-state index >= 15 is 0 Å². The van der Waals surface area contributed by atoms with Crippen molar-refractivity contribution in [1.82, 2.24) is 0 Å². The Hall–Kier alpha value is -1.14. The van der Waals surface area contributed by atoms with Crippen molar-refractivity contribution in [3.8, 4) is 0 Å². The largest absolute Gasteiger partial charge is 0.416 e. The van der Waals surface area contributed by atoms with Crippen LogP contribution in [-0.2, 0) is 19.8 Å². The summed E-state index contributed by atoms with van der Waals surface area (Å²) in [6, 6.07) is 4.32. The SMILES string of the molecule is CCOP(=O)(OCC)[C@@H](C=C(C)C)[C@H](O)c1cccc(C(F)(F)F)c1. The summed E-state index contributed by atoms with van der Waals surface area (Å²) in [5, 5.41) is 10.7. The van der Waals surface area contributed by atoms with Crippen LogP contribution in [0.5, 0.6) is 0 Å². The van der Waals surface area contributed by atoms with Gasteiger partial charge in [-0.05, 0) is 45.4 Å². The lowest BCUT2D eigenvalue weighted by atomic mass is 10.0. The lowest BCUT2D eigenvalue weighted by molar-refractivity contribution is -0.137. The monoisotopic (exact) mass is 380 g/mol. The van der Waals surface area contributed by atoms with Crippen molar-refractivity contribution in [1.29, 1.82) is 0 Å². The molecule has 0 bridgehead atoms. The van der Waals surface area contributed by atoms with Gasteiger partial charge in [-0.2, -0.15) is 13.2 Å². The molecular weight excluding hydrogens is 356 g/mol. The van der Waals surface area contributed by atoms with Crippen molar-refractivity contribution < 1.29 is 31.9 Å². The molecule has 0 spiro atoms. The van der Waals surface area contributed by atoms with Gasteiger partial charge in [-0.25, -0.2) is 0 Å². The number of allylic oxidation sites excluding steroid dienone is 1. The second-order valence-electron chi connectivity index (χ2n) is 5.68. The van der Waals surface area contributed by atoms with E-state index in [4.69, 9.17) is 9.05 Å². The first-order chi connectivity index (χ1) is 11.5. The molecule has 0 aliphatic carbocycles. The predicted octanol–water partition coefficient (Wildman–Crippen LogP) is 5.34. The molecule has 0 fully saturated rings. The minimum atomic E-state index is -4.54. The molecule has 0 saturated carbocycles. The van der Waals surface area contributed by atoms with Gasteiger partial charge in [-0.3, -0.25) is 4.57 Å². The minimum absolute atomic E-state index is 0.00282. The van der Waals surface area contributed by atoms with Gasteiger partial charge in [0.25, 0.3) is 0 Å². The Bertz CT molecular complexity index is 629. The Morgan fingerprint density at radius 1 is 1.24 bits per heavy atom. The molecule has 1 rings (SSSR count). The quantitative estimate of drug-likeness (QED) is 0.489. The molecular formula is C17H24F3O4P. The van der Waals surface area contributed by atoms with Crippen molar-refractivity contribution in [2.45, 2.75) is 45.6 Å². The molecule has 8 heteroatoms. The summed E-state index contributed by atoms with van der Waals surface area (Å²) in [4.78, 5) is 0. The van der Waals surface area contributed by atoms with Gasteiger partial charge in [0.1, 0.15) is 5.66 Å². The van der Waals surface area contributed by atoms with E-state index in [1.54, 1.807) is 27.7 Å². The average Bonchev–Trinajstić information content (AvgIpc) is 2.51. The van der Waals surface area contributed by atoms with Gasteiger partial charge in [-0.15, -0.1) is 0 Å². The van der Waals surface area contributed by atoms with Gasteiger partial charge >= 0.3 is 13.8 Å². The summed E-state index contributed by atoms with van der Waals surface area (Å²) in [7, 11) is -3.77. The lowest BCUT2D eigenvalue weighted by Gasteiger charge is -2.28. The molecule has 25 heavy (non-hydrogen) atoms. The van der Waals surface area contributed by atoms with E-state index in [0.29, 0.717) is 0 Å². The Balaban J connectivity index is 3.36. The van der Waals surface area contributed by atoms with Gasteiger partial charge in [0.15, 0.2) is 0 Å². The first kappa shape index (κ1) is 21.9. The van der Waals surface area contributed by atoms with E-state index in [-0.39, 0.29) is 18.8 Å². The van der Waals surface area contributed by atoms with Crippen molar-refractivity contribution in [3.63, 3.8) is 0 Å². The molecule has 0 amide bonds. The molecule has 2 atom stereocenters. The van der Waals surface area contributed by atoms with Crippen LogP contribution < -0.4 is 0 Å². The van der Waals surface area contributed by atoms with Crippen molar-refractivity contribution >= 4 is 7.60 Å². The number of halogens is 3. The number of aliphatic hydroxyl groups excluding tert-OH is 1. The zero-order chi connectivity index (χ0) is 19.3. The second kappa shape index (κ2) is 8.99. The highest BCUT2D eigenvalue weighted by Gasteiger charge is 2.40. The Kier molecular flexibility index (Phi) is 7.88. The normalized spacial score (nSPS) is 14.9. The topological polar surface area (TPSA) is 55.8 Å². The van der Waals surface area contributed by atoms with E-state index in [1.165, 1.54) is 18.2 Å². The molecule has 0 unspecified atom stereocenters. The minimum Gasteiger partial charge on any atom is -0.387 e. The fourth-order valence-corrected chi connectivity index (χ4v) is 4.50. The highest BCUT2D eigenvalue weighted by Crippen LogP contribution is 2.57. The molecule has 1 N–H and O–H groups in total.